The highest BCUT2D eigenvalue weighted by atomic mass is 16.3. The lowest BCUT2D eigenvalue weighted by Gasteiger charge is -2.26. The van der Waals surface area contributed by atoms with Crippen LogP contribution < -0.4 is 5.56 Å². The lowest BCUT2D eigenvalue weighted by Crippen LogP contribution is -2.29. The number of phenolic OH excluding ortho intramolecular Hbond substituents is 1. The fourth-order valence-corrected chi connectivity index (χ4v) is 3.39. The van der Waals surface area contributed by atoms with Gasteiger partial charge in [-0.05, 0) is 45.3 Å². The van der Waals surface area contributed by atoms with Crippen LogP contribution in [0.3, 0.4) is 0 Å². The zero-order valence-electron chi connectivity index (χ0n) is 14.0. The molecule has 1 aromatic heterocycles. The predicted octanol–water partition coefficient (Wildman–Crippen LogP) is 2.81. The summed E-state index contributed by atoms with van der Waals surface area (Å²) in [6, 6.07) is 3.69. The molecule has 124 valence electrons. The van der Waals surface area contributed by atoms with Crippen molar-refractivity contribution in [3.8, 4) is 5.75 Å². The van der Waals surface area contributed by atoms with Crippen LogP contribution in [0.4, 0.5) is 0 Å². The minimum absolute atomic E-state index is 0.0610. The van der Waals surface area contributed by atoms with Gasteiger partial charge in [0.1, 0.15) is 17.1 Å². The van der Waals surface area contributed by atoms with E-state index in [0.29, 0.717) is 23.3 Å². The van der Waals surface area contributed by atoms with Crippen molar-refractivity contribution in [1.82, 2.24) is 14.5 Å². The molecule has 0 aliphatic carbocycles. The van der Waals surface area contributed by atoms with Crippen LogP contribution in [0.5, 0.6) is 5.75 Å². The van der Waals surface area contributed by atoms with E-state index in [9.17, 15) is 9.90 Å². The SMILES string of the molecule is CCCn1c(C)nc2c(O)c(CN3CCCCC3)ccc2c1=O. The minimum atomic E-state index is -0.0610. The molecule has 5 nitrogen and oxygen atoms in total. The Bertz CT molecular complexity index is 761. The molecule has 5 heteroatoms. The number of hydrogen-bond donors (Lipinski definition) is 1. The summed E-state index contributed by atoms with van der Waals surface area (Å²) in [5, 5.41) is 11.1. The quantitative estimate of drug-likeness (QED) is 0.942. The molecule has 0 spiro atoms. The Kier molecular flexibility index (Phi) is 4.66. The van der Waals surface area contributed by atoms with E-state index >= 15 is 0 Å². The number of benzene rings is 1. The summed E-state index contributed by atoms with van der Waals surface area (Å²) in [6.45, 7) is 7.39. The molecule has 1 aromatic carbocycles. The Morgan fingerprint density at radius 2 is 1.96 bits per heavy atom. The first kappa shape index (κ1) is 16.0. The summed E-state index contributed by atoms with van der Waals surface area (Å²) in [5.74, 6) is 0.826. The van der Waals surface area contributed by atoms with Crippen LogP contribution in [0.15, 0.2) is 16.9 Å². The van der Waals surface area contributed by atoms with Gasteiger partial charge in [0.25, 0.3) is 5.56 Å². The van der Waals surface area contributed by atoms with Crippen LogP contribution >= 0.6 is 0 Å². The van der Waals surface area contributed by atoms with E-state index in [1.165, 1.54) is 19.3 Å². The summed E-state index contributed by atoms with van der Waals surface area (Å²) in [6.07, 6.45) is 4.60. The molecule has 0 bridgehead atoms. The second-order valence-electron chi connectivity index (χ2n) is 6.42. The largest absolute Gasteiger partial charge is 0.505 e. The number of phenols is 1. The van der Waals surface area contributed by atoms with Crippen molar-refractivity contribution in [3.63, 3.8) is 0 Å². The van der Waals surface area contributed by atoms with E-state index in [0.717, 1.165) is 31.6 Å². The molecule has 0 saturated carbocycles. The zero-order valence-corrected chi connectivity index (χ0v) is 14.0. The van der Waals surface area contributed by atoms with E-state index in [1.807, 2.05) is 26.0 Å². The molecule has 1 N–H and O–H groups in total. The van der Waals surface area contributed by atoms with Gasteiger partial charge in [0.05, 0.1) is 5.39 Å². The molecular formula is C18H25N3O2. The normalized spacial score (nSPS) is 16.1. The van der Waals surface area contributed by atoms with Gasteiger partial charge in [-0.15, -0.1) is 0 Å². The van der Waals surface area contributed by atoms with Crippen molar-refractivity contribution >= 4 is 10.9 Å². The van der Waals surface area contributed by atoms with Crippen molar-refractivity contribution in [2.24, 2.45) is 0 Å². The summed E-state index contributed by atoms with van der Waals surface area (Å²) in [4.78, 5) is 19.5. The molecule has 3 rings (SSSR count). The Morgan fingerprint density at radius 1 is 1.22 bits per heavy atom. The second-order valence-corrected chi connectivity index (χ2v) is 6.42. The molecule has 1 saturated heterocycles. The molecule has 0 atom stereocenters. The van der Waals surface area contributed by atoms with Crippen LogP contribution in [0.1, 0.15) is 44.0 Å². The van der Waals surface area contributed by atoms with Crippen molar-refractivity contribution in [1.29, 1.82) is 0 Å². The van der Waals surface area contributed by atoms with Gasteiger partial charge < -0.3 is 5.11 Å². The number of nitrogens with zero attached hydrogens (tertiary/aromatic N) is 3. The number of piperidine rings is 1. The first-order chi connectivity index (χ1) is 11.1. The standard InChI is InChI=1S/C18H25N3O2/c1-3-9-21-13(2)19-16-15(18(21)23)8-7-14(17(16)22)12-20-10-5-4-6-11-20/h7-8,22H,3-6,9-12H2,1-2H3. The van der Waals surface area contributed by atoms with Gasteiger partial charge in [-0.1, -0.05) is 19.4 Å². The first-order valence-electron chi connectivity index (χ1n) is 8.56. The zero-order chi connectivity index (χ0) is 16.4. The number of fused-ring (bicyclic) bond motifs is 1. The van der Waals surface area contributed by atoms with Crippen LogP contribution in [-0.2, 0) is 13.1 Å². The number of aryl methyl sites for hydroxylation is 1. The lowest BCUT2D eigenvalue weighted by molar-refractivity contribution is 0.218. The second kappa shape index (κ2) is 6.71. The minimum Gasteiger partial charge on any atom is -0.505 e. The van der Waals surface area contributed by atoms with E-state index in [-0.39, 0.29) is 11.3 Å². The number of hydrogen-bond acceptors (Lipinski definition) is 4. The van der Waals surface area contributed by atoms with Crippen molar-refractivity contribution in [2.45, 2.75) is 52.6 Å². The van der Waals surface area contributed by atoms with E-state index in [4.69, 9.17) is 0 Å². The van der Waals surface area contributed by atoms with Crippen molar-refractivity contribution in [2.75, 3.05) is 13.1 Å². The molecule has 1 aliphatic heterocycles. The van der Waals surface area contributed by atoms with Gasteiger partial charge >= 0.3 is 0 Å². The highest BCUT2D eigenvalue weighted by Crippen LogP contribution is 2.27. The molecule has 23 heavy (non-hydrogen) atoms. The van der Waals surface area contributed by atoms with Crippen LogP contribution in [-0.4, -0.2) is 32.6 Å². The Balaban J connectivity index is 2.01. The van der Waals surface area contributed by atoms with Gasteiger partial charge in [0.15, 0.2) is 0 Å². The summed E-state index contributed by atoms with van der Waals surface area (Å²) in [5.41, 5.74) is 1.24. The molecule has 2 aromatic rings. The van der Waals surface area contributed by atoms with Crippen molar-refractivity contribution < 1.29 is 5.11 Å². The number of likely N-dealkylation sites (tertiary alicyclic amines) is 1. The average Bonchev–Trinajstić information content (AvgIpc) is 2.56. The topological polar surface area (TPSA) is 58.4 Å². The number of aromatic hydroxyl groups is 1. The molecule has 2 heterocycles. The van der Waals surface area contributed by atoms with Gasteiger partial charge in [-0.25, -0.2) is 4.98 Å². The molecule has 0 amide bonds. The van der Waals surface area contributed by atoms with Crippen LogP contribution in [0.25, 0.3) is 10.9 Å². The summed E-state index contributed by atoms with van der Waals surface area (Å²) >= 11 is 0. The van der Waals surface area contributed by atoms with Gasteiger partial charge in [-0.3, -0.25) is 14.3 Å². The number of rotatable bonds is 4. The Hall–Kier alpha value is -1.88. The smallest absolute Gasteiger partial charge is 0.261 e. The first-order valence-corrected chi connectivity index (χ1v) is 8.56. The molecule has 0 radical (unpaired) electrons. The summed E-state index contributed by atoms with van der Waals surface area (Å²) < 4.78 is 1.69. The Labute approximate surface area is 136 Å². The number of aromatic nitrogens is 2. The van der Waals surface area contributed by atoms with Crippen LogP contribution in [0, 0.1) is 6.92 Å². The highest BCUT2D eigenvalue weighted by molar-refractivity contribution is 5.84. The maximum atomic E-state index is 12.6. The Morgan fingerprint density at radius 3 is 2.65 bits per heavy atom. The van der Waals surface area contributed by atoms with Gasteiger partial charge in [0, 0.05) is 18.7 Å². The monoisotopic (exact) mass is 315 g/mol. The van der Waals surface area contributed by atoms with E-state index in [2.05, 4.69) is 9.88 Å². The maximum absolute atomic E-state index is 12.6. The van der Waals surface area contributed by atoms with Crippen LogP contribution in [0.2, 0.25) is 0 Å². The fourth-order valence-electron chi connectivity index (χ4n) is 3.39. The molecule has 0 unspecified atom stereocenters. The molecular weight excluding hydrogens is 290 g/mol. The van der Waals surface area contributed by atoms with E-state index in [1.54, 1.807) is 4.57 Å². The fraction of sp³-hybridized carbons (Fsp3) is 0.556. The van der Waals surface area contributed by atoms with Gasteiger partial charge in [-0.2, -0.15) is 0 Å². The average molecular weight is 315 g/mol. The molecule has 1 aliphatic rings. The highest BCUT2D eigenvalue weighted by Gasteiger charge is 2.17. The van der Waals surface area contributed by atoms with Gasteiger partial charge in [0.2, 0.25) is 0 Å². The third-order valence-corrected chi connectivity index (χ3v) is 4.66. The van der Waals surface area contributed by atoms with Crippen molar-refractivity contribution in [3.05, 3.63) is 33.9 Å². The molecule has 1 fully saturated rings. The predicted molar refractivity (Wildman–Crippen MR) is 91.8 cm³/mol. The third kappa shape index (κ3) is 3.11. The maximum Gasteiger partial charge on any atom is 0.261 e. The summed E-state index contributed by atoms with van der Waals surface area (Å²) in [7, 11) is 0. The van der Waals surface area contributed by atoms with E-state index < -0.39 is 0 Å². The lowest BCUT2D eigenvalue weighted by atomic mass is 10.1. The third-order valence-electron chi connectivity index (χ3n) is 4.66.